The molecule has 1 aromatic carbocycles. The zero-order valence-electron chi connectivity index (χ0n) is 11.5. The molecule has 4 N–H and O–H groups in total. The molecule has 0 radical (unpaired) electrons. The maximum absolute atomic E-state index is 6.24. The van der Waals surface area contributed by atoms with Gasteiger partial charge in [-0.1, -0.05) is 30.1 Å². The van der Waals surface area contributed by atoms with Gasteiger partial charge in [0.15, 0.2) is 0 Å². The Balaban J connectivity index is 2.46. The molecule has 0 spiro atoms. The molecule has 112 valence electrons. The van der Waals surface area contributed by atoms with Crippen molar-refractivity contribution in [2.24, 2.45) is 5.84 Å². The van der Waals surface area contributed by atoms with Gasteiger partial charge < -0.3 is 10.7 Å². The molecule has 1 aromatic heterocycles. The first-order valence-electron chi connectivity index (χ1n) is 6.22. The van der Waals surface area contributed by atoms with E-state index >= 15 is 0 Å². The fourth-order valence-corrected chi connectivity index (χ4v) is 2.55. The van der Waals surface area contributed by atoms with Gasteiger partial charge in [-0.3, -0.25) is 0 Å². The van der Waals surface area contributed by atoms with E-state index in [4.69, 9.17) is 29.0 Å². The number of halogens is 3. The fraction of sp³-hybridized carbons (Fsp3) is 0.231. The van der Waals surface area contributed by atoms with Crippen molar-refractivity contribution in [1.82, 2.24) is 9.97 Å². The molecule has 8 heteroatoms. The summed E-state index contributed by atoms with van der Waals surface area (Å²) in [5.41, 5.74) is 4.03. The minimum Gasteiger partial charge on any atom is -0.339 e. The minimum absolute atomic E-state index is 0.421. The van der Waals surface area contributed by atoms with Crippen molar-refractivity contribution in [3.8, 4) is 0 Å². The lowest BCUT2D eigenvalue weighted by Crippen LogP contribution is -2.14. The van der Waals surface area contributed by atoms with Gasteiger partial charge in [0, 0.05) is 16.5 Å². The molecule has 21 heavy (non-hydrogen) atoms. The van der Waals surface area contributed by atoms with Crippen LogP contribution in [0.1, 0.15) is 18.3 Å². The summed E-state index contributed by atoms with van der Waals surface area (Å²) in [6.07, 6.45) is 0.693. The Morgan fingerprint density at radius 3 is 2.48 bits per heavy atom. The molecular weight excluding hydrogens is 377 g/mol. The van der Waals surface area contributed by atoms with Crippen LogP contribution in [0, 0.1) is 6.92 Å². The summed E-state index contributed by atoms with van der Waals surface area (Å²) >= 11 is 15.7. The van der Waals surface area contributed by atoms with E-state index < -0.39 is 0 Å². The molecule has 0 aliphatic heterocycles. The number of nitrogens with zero attached hydrogens (tertiary/aromatic N) is 2. The van der Waals surface area contributed by atoms with Gasteiger partial charge in [-0.2, -0.15) is 0 Å². The second kappa shape index (κ2) is 6.79. The quantitative estimate of drug-likeness (QED) is 0.408. The molecule has 0 aliphatic carbocycles. The number of hydrogen-bond acceptors (Lipinski definition) is 5. The summed E-state index contributed by atoms with van der Waals surface area (Å²) in [7, 11) is 0. The second-order valence-corrected chi connectivity index (χ2v) is 5.92. The summed E-state index contributed by atoms with van der Waals surface area (Å²) in [5, 5.41) is 4.04. The average molecular weight is 391 g/mol. The average Bonchev–Trinajstić information content (AvgIpc) is 2.49. The lowest BCUT2D eigenvalue weighted by molar-refractivity contribution is 0.932. The highest BCUT2D eigenvalue weighted by molar-refractivity contribution is 9.10. The molecule has 0 fully saturated rings. The van der Waals surface area contributed by atoms with Gasteiger partial charge >= 0.3 is 0 Å². The van der Waals surface area contributed by atoms with Crippen molar-refractivity contribution in [1.29, 1.82) is 0 Å². The van der Waals surface area contributed by atoms with Gasteiger partial charge in [0.05, 0.1) is 15.7 Å². The summed E-state index contributed by atoms with van der Waals surface area (Å²) in [4.78, 5) is 8.77. The van der Waals surface area contributed by atoms with Crippen molar-refractivity contribution < 1.29 is 0 Å². The van der Waals surface area contributed by atoms with Crippen LogP contribution in [0.5, 0.6) is 0 Å². The fourth-order valence-electron chi connectivity index (χ4n) is 1.73. The number of benzene rings is 1. The van der Waals surface area contributed by atoms with Crippen LogP contribution < -0.4 is 16.6 Å². The third kappa shape index (κ3) is 3.40. The SMILES string of the molecule is CCc1nc(NN)c(C)c(Nc2ccc(Br)c(Cl)c2Cl)n1. The standard InChI is InChI=1S/C13H14BrCl2N5/c1-3-9-19-12(6(2)13(20-9)21-17)18-8-5-4-7(14)10(15)11(8)16/h4-5H,3,17H2,1-2H3,(H2,18,19,20,21). The summed E-state index contributed by atoms with van der Waals surface area (Å²) in [6.45, 7) is 3.84. The Kier molecular flexibility index (Phi) is 5.27. The molecule has 1 heterocycles. The van der Waals surface area contributed by atoms with Crippen molar-refractivity contribution in [2.75, 3.05) is 10.7 Å². The second-order valence-electron chi connectivity index (χ2n) is 4.31. The Bertz CT molecular complexity index is 678. The van der Waals surface area contributed by atoms with Crippen molar-refractivity contribution in [3.05, 3.63) is 38.0 Å². The zero-order chi connectivity index (χ0) is 15.6. The van der Waals surface area contributed by atoms with Crippen LogP contribution in [-0.4, -0.2) is 9.97 Å². The van der Waals surface area contributed by atoms with Gasteiger partial charge in [0.25, 0.3) is 0 Å². The highest BCUT2D eigenvalue weighted by Crippen LogP contribution is 2.37. The smallest absolute Gasteiger partial charge is 0.148 e. The van der Waals surface area contributed by atoms with E-state index in [2.05, 4.69) is 36.6 Å². The van der Waals surface area contributed by atoms with Gasteiger partial charge in [-0.05, 0) is 35.0 Å². The van der Waals surface area contributed by atoms with Gasteiger partial charge in [-0.15, -0.1) is 0 Å². The number of nitrogens with two attached hydrogens (primary N) is 1. The van der Waals surface area contributed by atoms with Crippen molar-refractivity contribution in [3.63, 3.8) is 0 Å². The Hall–Kier alpha value is -1.08. The maximum atomic E-state index is 6.24. The van der Waals surface area contributed by atoms with Crippen LogP contribution in [0.2, 0.25) is 10.0 Å². The number of hydrazine groups is 1. The lowest BCUT2D eigenvalue weighted by Gasteiger charge is -2.14. The number of anilines is 3. The molecule has 0 aliphatic rings. The van der Waals surface area contributed by atoms with E-state index in [9.17, 15) is 0 Å². The monoisotopic (exact) mass is 389 g/mol. The number of rotatable bonds is 4. The molecule has 5 nitrogen and oxygen atoms in total. The molecule has 2 rings (SSSR count). The molecule has 0 saturated heterocycles. The Morgan fingerprint density at radius 1 is 1.19 bits per heavy atom. The van der Waals surface area contributed by atoms with E-state index in [1.807, 2.05) is 26.0 Å². The minimum atomic E-state index is 0.421. The molecule has 2 aromatic rings. The van der Waals surface area contributed by atoms with Crippen LogP contribution in [0.3, 0.4) is 0 Å². The number of hydrogen-bond donors (Lipinski definition) is 3. The Morgan fingerprint density at radius 2 is 1.86 bits per heavy atom. The summed E-state index contributed by atoms with van der Waals surface area (Å²) in [6, 6.07) is 3.64. The first-order valence-corrected chi connectivity index (χ1v) is 7.77. The summed E-state index contributed by atoms with van der Waals surface area (Å²) < 4.78 is 0.734. The van der Waals surface area contributed by atoms with Gasteiger partial charge in [0.1, 0.15) is 17.5 Å². The predicted molar refractivity (Wildman–Crippen MR) is 91.4 cm³/mol. The largest absolute Gasteiger partial charge is 0.339 e. The van der Waals surface area contributed by atoms with Crippen LogP contribution >= 0.6 is 39.1 Å². The first-order chi connectivity index (χ1) is 9.97. The van der Waals surface area contributed by atoms with Gasteiger partial charge in [-0.25, -0.2) is 15.8 Å². The predicted octanol–water partition coefficient (Wildman–Crippen LogP) is 4.45. The first kappa shape index (κ1) is 16.3. The third-order valence-electron chi connectivity index (χ3n) is 2.93. The van der Waals surface area contributed by atoms with Crippen molar-refractivity contribution in [2.45, 2.75) is 20.3 Å². The van der Waals surface area contributed by atoms with E-state index in [0.29, 0.717) is 39.6 Å². The summed E-state index contributed by atoms with van der Waals surface area (Å²) in [5.74, 6) is 7.37. The van der Waals surface area contributed by atoms with Crippen LogP contribution in [0.25, 0.3) is 0 Å². The van der Waals surface area contributed by atoms with E-state index in [0.717, 1.165) is 10.0 Å². The molecule has 0 bridgehead atoms. The maximum Gasteiger partial charge on any atom is 0.148 e. The highest BCUT2D eigenvalue weighted by atomic mass is 79.9. The Labute approximate surface area is 141 Å². The highest BCUT2D eigenvalue weighted by Gasteiger charge is 2.13. The van der Waals surface area contributed by atoms with Gasteiger partial charge in [0.2, 0.25) is 0 Å². The number of nitrogens with one attached hydrogen (secondary N) is 2. The van der Waals surface area contributed by atoms with Crippen molar-refractivity contribution >= 4 is 56.5 Å². The molecule has 0 atom stereocenters. The lowest BCUT2D eigenvalue weighted by atomic mass is 10.2. The number of aryl methyl sites for hydroxylation is 1. The van der Waals surface area contributed by atoms with E-state index in [1.165, 1.54) is 0 Å². The molecular formula is C13H14BrCl2N5. The number of aromatic nitrogens is 2. The topological polar surface area (TPSA) is 75.9 Å². The molecule has 0 unspecified atom stereocenters. The van der Waals surface area contributed by atoms with E-state index in [1.54, 1.807) is 0 Å². The number of nitrogen functional groups attached to an aromatic ring is 1. The van der Waals surface area contributed by atoms with Crippen LogP contribution in [-0.2, 0) is 6.42 Å². The normalized spacial score (nSPS) is 10.6. The van der Waals surface area contributed by atoms with Crippen LogP contribution in [0.15, 0.2) is 16.6 Å². The van der Waals surface area contributed by atoms with E-state index in [-0.39, 0.29) is 0 Å². The molecule has 0 saturated carbocycles. The molecule has 0 amide bonds. The zero-order valence-corrected chi connectivity index (χ0v) is 14.6. The third-order valence-corrected chi connectivity index (χ3v) is 4.70. The van der Waals surface area contributed by atoms with Crippen LogP contribution in [0.4, 0.5) is 17.3 Å².